The van der Waals surface area contributed by atoms with E-state index < -0.39 is 0 Å². The number of rotatable bonds is 4. The maximum Gasteiger partial charge on any atom is 0.0629 e. The molecule has 1 N–H and O–H groups in total. The highest BCUT2D eigenvalue weighted by Gasteiger charge is 2.24. The van der Waals surface area contributed by atoms with Gasteiger partial charge in [-0.3, -0.25) is 9.98 Å². The lowest BCUT2D eigenvalue weighted by Gasteiger charge is -2.31. The molecule has 0 aromatic heterocycles. The summed E-state index contributed by atoms with van der Waals surface area (Å²) in [4.78, 5) is 9.55. The largest absolute Gasteiger partial charge is 0.301 e. The molecular formula is C21H25N3. The van der Waals surface area contributed by atoms with Crippen LogP contribution in [-0.4, -0.2) is 23.5 Å². The van der Waals surface area contributed by atoms with Gasteiger partial charge in [-0.15, -0.1) is 0 Å². The Kier molecular flexibility index (Phi) is 5.55. The molecule has 1 aliphatic rings. The van der Waals surface area contributed by atoms with Gasteiger partial charge in [-0.1, -0.05) is 36.4 Å². The lowest BCUT2D eigenvalue weighted by molar-refractivity contribution is 0.427. The smallest absolute Gasteiger partial charge is 0.0629 e. The number of hydrogen-bond acceptors (Lipinski definition) is 3. The summed E-state index contributed by atoms with van der Waals surface area (Å²) < 4.78 is 0. The van der Waals surface area contributed by atoms with Gasteiger partial charge in [0.25, 0.3) is 0 Å². The minimum atomic E-state index is 0.324. The molecule has 1 saturated heterocycles. The zero-order chi connectivity index (χ0) is 16.8. The third kappa shape index (κ3) is 4.39. The molecule has 3 nitrogen and oxygen atoms in total. The van der Waals surface area contributed by atoms with Crippen LogP contribution in [0.1, 0.15) is 33.1 Å². The number of aliphatic imine (C=N–C) groups is 2. The Balaban J connectivity index is 1.70. The fourth-order valence-electron chi connectivity index (χ4n) is 3.16. The molecule has 3 rings (SSSR count). The molecule has 2 aromatic carbocycles. The second-order valence-corrected chi connectivity index (χ2v) is 6.38. The van der Waals surface area contributed by atoms with Crippen LogP contribution in [0.2, 0.25) is 0 Å². The fourth-order valence-corrected chi connectivity index (χ4v) is 3.16. The van der Waals surface area contributed by atoms with Crippen molar-refractivity contribution in [2.45, 2.75) is 45.2 Å². The monoisotopic (exact) mass is 319 g/mol. The van der Waals surface area contributed by atoms with Crippen molar-refractivity contribution in [2.75, 3.05) is 0 Å². The Morgan fingerprint density at radius 2 is 1.17 bits per heavy atom. The van der Waals surface area contributed by atoms with Gasteiger partial charge in [0.15, 0.2) is 0 Å². The highest BCUT2D eigenvalue weighted by Crippen LogP contribution is 2.20. The van der Waals surface area contributed by atoms with Crippen molar-refractivity contribution in [3.05, 3.63) is 60.7 Å². The van der Waals surface area contributed by atoms with E-state index in [9.17, 15) is 0 Å². The van der Waals surface area contributed by atoms with Gasteiger partial charge in [0.1, 0.15) is 0 Å². The summed E-state index contributed by atoms with van der Waals surface area (Å²) in [6.45, 7) is 4.24. The summed E-state index contributed by atoms with van der Waals surface area (Å²) in [7, 11) is 0. The summed E-state index contributed by atoms with van der Waals surface area (Å²) in [5.41, 5.74) is 4.35. The zero-order valence-electron chi connectivity index (χ0n) is 14.4. The molecule has 0 aliphatic carbocycles. The van der Waals surface area contributed by atoms with E-state index in [1.165, 1.54) is 6.42 Å². The number of hydrogen-bond donors (Lipinski definition) is 1. The highest BCUT2D eigenvalue weighted by atomic mass is 15.0. The van der Waals surface area contributed by atoms with Crippen molar-refractivity contribution >= 4 is 22.8 Å². The molecule has 124 valence electrons. The summed E-state index contributed by atoms with van der Waals surface area (Å²) in [5, 5.41) is 3.73. The van der Waals surface area contributed by atoms with Gasteiger partial charge < -0.3 is 5.32 Å². The molecule has 0 amide bonds. The number of piperidine rings is 1. The molecule has 24 heavy (non-hydrogen) atoms. The van der Waals surface area contributed by atoms with Crippen molar-refractivity contribution in [1.29, 1.82) is 0 Å². The number of nitrogens with zero attached hydrogens (tertiary/aromatic N) is 2. The van der Waals surface area contributed by atoms with Gasteiger partial charge in [-0.05, 0) is 57.4 Å². The number of benzene rings is 2. The van der Waals surface area contributed by atoms with Crippen LogP contribution in [-0.2, 0) is 0 Å². The predicted molar refractivity (Wildman–Crippen MR) is 103 cm³/mol. The number of para-hydroxylation sites is 2. The van der Waals surface area contributed by atoms with E-state index in [-0.39, 0.29) is 0 Å². The first-order chi connectivity index (χ1) is 11.7. The normalized spacial score (nSPS) is 22.4. The van der Waals surface area contributed by atoms with E-state index in [4.69, 9.17) is 9.98 Å². The van der Waals surface area contributed by atoms with Crippen molar-refractivity contribution in [2.24, 2.45) is 9.98 Å². The molecule has 0 bridgehead atoms. The quantitative estimate of drug-likeness (QED) is 0.784. The van der Waals surface area contributed by atoms with Crippen LogP contribution in [0.4, 0.5) is 11.4 Å². The first kappa shape index (κ1) is 16.6. The summed E-state index contributed by atoms with van der Waals surface area (Å²) in [5.74, 6) is 0. The van der Waals surface area contributed by atoms with Crippen LogP contribution in [0.5, 0.6) is 0 Å². The molecule has 2 unspecified atom stereocenters. The third-order valence-corrected chi connectivity index (χ3v) is 4.52. The van der Waals surface area contributed by atoms with Crippen LogP contribution < -0.4 is 5.32 Å². The van der Waals surface area contributed by atoms with Crippen molar-refractivity contribution in [1.82, 2.24) is 5.32 Å². The molecule has 0 spiro atoms. The van der Waals surface area contributed by atoms with Gasteiger partial charge in [-0.25, -0.2) is 0 Å². The van der Waals surface area contributed by atoms with Gasteiger partial charge in [0, 0.05) is 23.5 Å². The molecule has 1 fully saturated rings. The lowest BCUT2D eigenvalue weighted by Crippen LogP contribution is -2.49. The third-order valence-electron chi connectivity index (χ3n) is 4.52. The average Bonchev–Trinajstić information content (AvgIpc) is 2.63. The molecule has 3 heteroatoms. The molecule has 1 aliphatic heterocycles. The van der Waals surface area contributed by atoms with E-state index in [0.29, 0.717) is 12.1 Å². The molecule has 2 atom stereocenters. The Labute approximate surface area is 144 Å². The second-order valence-electron chi connectivity index (χ2n) is 6.38. The summed E-state index contributed by atoms with van der Waals surface area (Å²) in [6, 6.07) is 21.0. The van der Waals surface area contributed by atoms with E-state index >= 15 is 0 Å². The maximum atomic E-state index is 4.77. The van der Waals surface area contributed by atoms with E-state index in [0.717, 1.165) is 35.6 Å². The Bertz CT molecular complexity index is 643. The number of nitrogens with one attached hydrogen (secondary N) is 1. The van der Waals surface area contributed by atoms with E-state index in [1.54, 1.807) is 0 Å². The Morgan fingerprint density at radius 1 is 0.750 bits per heavy atom. The first-order valence-corrected chi connectivity index (χ1v) is 8.69. The predicted octanol–water partition coefficient (Wildman–Crippen LogP) is 5.08. The molecule has 2 aromatic rings. The summed E-state index contributed by atoms with van der Waals surface area (Å²) >= 11 is 0. The van der Waals surface area contributed by atoms with Crippen molar-refractivity contribution in [3.63, 3.8) is 0 Å². The van der Waals surface area contributed by atoms with Gasteiger partial charge in [0.2, 0.25) is 0 Å². The van der Waals surface area contributed by atoms with Gasteiger partial charge in [-0.2, -0.15) is 0 Å². The highest BCUT2D eigenvalue weighted by molar-refractivity contribution is 5.93. The standard InChI is InChI=1S/C21H25N3/c1-16(22-18-10-5-3-6-11-18)20-14-9-15-21(24-20)17(2)23-19-12-7-4-8-13-19/h3-8,10-13,20-21,24H,9,14-15H2,1-2H3. The Morgan fingerprint density at radius 3 is 1.58 bits per heavy atom. The maximum absolute atomic E-state index is 4.77. The van der Waals surface area contributed by atoms with Crippen LogP contribution >= 0.6 is 0 Å². The van der Waals surface area contributed by atoms with Crippen LogP contribution in [0, 0.1) is 0 Å². The van der Waals surface area contributed by atoms with E-state index in [2.05, 4.69) is 19.2 Å². The topological polar surface area (TPSA) is 36.8 Å². The lowest BCUT2D eigenvalue weighted by atomic mass is 9.93. The Hall–Kier alpha value is -2.26. The average molecular weight is 319 g/mol. The minimum absolute atomic E-state index is 0.324. The van der Waals surface area contributed by atoms with Crippen molar-refractivity contribution in [3.8, 4) is 0 Å². The molecule has 0 saturated carbocycles. The van der Waals surface area contributed by atoms with Crippen LogP contribution in [0.15, 0.2) is 70.6 Å². The zero-order valence-corrected chi connectivity index (χ0v) is 14.4. The molecular weight excluding hydrogens is 294 g/mol. The van der Waals surface area contributed by atoms with Gasteiger partial charge in [0.05, 0.1) is 11.4 Å². The SMILES string of the molecule is CC(=Nc1ccccc1)C1CCCC(C(C)=Nc2ccccc2)N1. The summed E-state index contributed by atoms with van der Waals surface area (Å²) in [6.07, 6.45) is 3.47. The minimum Gasteiger partial charge on any atom is -0.301 e. The van der Waals surface area contributed by atoms with Crippen LogP contribution in [0.3, 0.4) is 0 Å². The molecule has 1 heterocycles. The van der Waals surface area contributed by atoms with Crippen molar-refractivity contribution < 1.29 is 0 Å². The van der Waals surface area contributed by atoms with E-state index in [1.807, 2.05) is 60.7 Å². The first-order valence-electron chi connectivity index (χ1n) is 8.69. The van der Waals surface area contributed by atoms with Gasteiger partial charge >= 0.3 is 0 Å². The molecule has 0 radical (unpaired) electrons. The van der Waals surface area contributed by atoms with Crippen LogP contribution in [0.25, 0.3) is 0 Å². The second kappa shape index (κ2) is 8.02. The fraction of sp³-hybridized carbons (Fsp3) is 0.333.